The molecule has 0 aliphatic carbocycles. The van der Waals surface area contributed by atoms with Crippen molar-refractivity contribution in [3.63, 3.8) is 0 Å². The van der Waals surface area contributed by atoms with E-state index in [1.54, 1.807) is 12.1 Å². The number of piperidine rings is 1. The van der Waals surface area contributed by atoms with Gasteiger partial charge in [0.15, 0.2) is 5.65 Å². The SMILES string of the molecule is C=CCn1nc2ccc(S(=O)(=O)N3CCC(C)CC3)cn2c1=O. The van der Waals surface area contributed by atoms with Gasteiger partial charge in [0.1, 0.15) is 0 Å². The van der Waals surface area contributed by atoms with Crippen LogP contribution in [0.4, 0.5) is 0 Å². The van der Waals surface area contributed by atoms with Gasteiger partial charge in [0.25, 0.3) is 0 Å². The Hall–Kier alpha value is -1.93. The van der Waals surface area contributed by atoms with Crippen LogP contribution in [0.1, 0.15) is 19.8 Å². The molecule has 0 radical (unpaired) electrons. The minimum absolute atomic E-state index is 0.125. The minimum atomic E-state index is -3.58. The lowest BCUT2D eigenvalue weighted by molar-refractivity contribution is 0.288. The molecule has 0 aromatic carbocycles. The number of allylic oxidation sites excluding steroid dienone is 1. The summed E-state index contributed by atoms with van der Waals surface area (Å²) >= 11 is 0. The van der Waals surface area contributed by atoms with Crippen molar-refractivity contribution in [3.05, 3.63) is 41.5 Å². The van der Waals surface area contributed by atoms with Gasteiger partial charge in [-0.05, 0) is 30.9 Å². The average molecular weight is 336 g/mol. The first-order valence-electron chi connectivity index (χ1n) is 7.64. The van der Waals surface area contributed by atoms with Crippen LogP contribution in [0.15, 0.2) is 40.7 Å². The molecular weight excluding hydrogens is 316 g/mol. The summed E-state index contributed by atoms with van der Waals surface area (Å²) in [6, 6.07) is 3.06. The Morgan fingerprint density at radius 2 is 2.04 bits per heavy atom. The molecular formula is C15H20N4O3S. The van der Waals surface area contributed by atoms with E-state index in [4.69, 9.17) is 0 Å². The zero-order valence-electron chi connectivity index (χ0n) is 13.1. The fraction of sp³-hybridized carbons (Fsp3) is 0.467. The summed E-state index contributed by atoms with van der Waals surface area (Å²) in [6.07, 6.45) is 4.65. The normalized spacial score (nSPS) is 17.6. The summed E-state index contributed by atoms with van der Waals surface area (Å²) in [7, 11) is -3.58. The van der Waals surface area contributed by atoms with Crippen molar-refractivity contribution < 1.29 is 8.42 Å². The Balaban J connectivity index is 2.01. The first-order valence-corrected chi connectivity index (χ1v) is 9.08. The van der Waals surface area contributed by atoms with Crippen molar-refractivity contribution in [2.24, 2.45) is 5.92 Å². The number of pyridine rings is 1. The Morgan fingerprint density at radius 1 is 1.35 bits per heavy atom. The van der Waals surface area contributed by atoms with Crippen molar-refractivity contribution in [1.29, 1.82) is 0 Å². The molecule has 1 fully saturated rings. The molecule has 0 saturated carbocycles. The molecule has 0 bridgehead atoms. The summed E-state index contributed by atoms with van der Waals surface area (Å²) in [5.74, 6) is 0.545. The lowest BCUT2D eigenvalue weighted by Gasteiger charge is -2.29. The molecule has 0 unspecified atom stereocenters. The molecule has 1 saturated heterocycles. The predicted molar refractivity (Wildman–Crippen MR) is 86.8 cm³/mol. The van der Waals surface area contributed by atoms with Gasteiger partial charge in [-0.1, -0.05) is 13.0 Å². The van der Waals surface area contributed by atoms with E-state index in [0.29, 0.717) is 24.7 Å². The van der Waals surface area contributed by atoms with Crippen molar-refractivity contribution in [2.45, 2.75) is 31.2 Å². The van der Waals surface area contributed by atoms with Crippen molar-refractivity contribution in [2.75, 3.05) is 13.1 Å². The number of hydrogen-bond acceptors (Lipinski definition) is 4. The quantitative estimate of drug-likeness (QED) is 0.784. The van der Waals surface area contributed by atoms with Crippen molar-refractivity contribution >= 4 is 15.7 Å². The number of nitrogens with zero attached hydrogens (tertiary/aromatic N) is 4. The van der Waals surface area contributed by atoms with E-state index in [9.17, 15) is 13.2 Å². The van der Waals surface area contributed by atoms with E-state index in [-0.39, 0.29) is 17.1 Å². The van der Waals surface area contributed by atoms with Gasteiger partial charge in [0.2, 0.25) is 10.0 Å². The van der Waals surface area contributed by atoms with E-state index >= 15 is 0 Å². The highest BCUT2D eigenvalue weighted by atomic mass is 32.2. The number of hydrogen-bond donors (Lipinski definition) is 0. The second kappa shape index (κ2) is 5.93. The zero-order chi connectivity index (χ0) is 16.6. The highest BCUT2D eigenvalue weighted by Crippen LogP contribution is 2.23. The molecule has 2 aromatic heterocycles. The molecule has 0 amide bonds. The van der Waals surface area contributed by atoms with Gasteiger partial charge < -0.3 is 0 Å². The summed E-state index contributed by atoms with van der Waals surface area (Å²) < 4.78 is 29.5. The fourth-order valence-electron chi connectivity index (χ4n) is 2.77. The van der Waals surface area contributed by atoms with Crippen LogP contribution in [0.3, 0.4) is 0 Å². The van der Waals surface area contributed by atoms with Gasteiger partial charge in [-0.25, -0.2) is 22.3 Å². The van der Waals surface area contributed by atoms with Gasteiger partial charge >= 0.3 is 5.69 Å². The number of sulfonamides is 1. The standard InChI is InChI=1S/C15H20N4O3S/c1-3-8-19-15(20)18-11-13(4-5-14(18)16-19)23(21,22)17-9-6-12(2)7-10-17/h3-5,11-12H,1,6-10H2,2H3. The van der Waals surface area contributed by atoms with E-state index in [1.165, 1.54) is 25.7 Å². The average Bonchev–Trinajstić information content (AvgIpc) is 2.84. The summed E-state index contributed by atoms with van der Waals surface area (Å²) in [5, 5.41) is 4.14. The minimum Gasteiger partial charge on any atom is -0.249 e. The Morgan fingerprint density at radius 3 is 2.70 bits per heavy atom. The molecule has 124 valence electrons. The van der Waals surface area contributed by atoms with Crippen LogP contribution < -0.4 is 5.69 Å². The Kier molecular flexibility index (Phi) is 4.11. The highest BCUT2D eigenvalue weighted by Gasteiger charge is 2.28. The smallest absolute Gasteiger partial charge is 0.249 e. The fourth-order valence-corrected chi connectivity index (χ4v) is 4.24. The number of fused-ring (bicyclic) bond motifs is 1. The summed E-state index contributed by atoms with van der Waals surface area (Å²) in [5.41, 5.74) is 0.0484. The van der Waals surface area contributed by atoms with Crippen LogP contribution in [-0.4, -0.2) is 40.0 Å². The van der Waals surface area contributed by atoms with Gasteiger partial charge in [-0.3, -0.25) is 0 Å². The van der Waals surface area contributed by atoms with Crippen LogP contribution in [0, 0.1) is 5.92 Å². The first-order chi connectivity index (χ1) is 10.9. The van der Waals surface area contributed by atoms with Crippen LogP contribution in [0.25, 0.3) is 5.65 Å². The lowest BCUT2D eigenvalue weighted by atomic mass is 10.0. The lowest BCUT2D eigenvalue weighted by Crippen LogP contribution is -2.38. The molecule has 2 aromatic rings. The molecule has 0 atom stereocenters. The van der Waals surface area contributed by atoms with Crippen LogP contribution >= 0.6 is 0 Å². The van der Waals surface area contributed by atoms with Crippen LogP contribution in [0.2, 0.25) is 0 Å². The molecule has 1 aliphatic heterocycles. The predicted octanol–water partition coefficient (Wildman–Crippen LogP) is 1.10. The molecule has 7 nitrogen and oxygen atoms in total. The van der Waals surface area contributed by atoms with Gasteiger partial charge in [-0.2, -0.15) is 4.31 Å². The number of aromatic nitrogens is 3. The highest BCUT2D eigenvalue weighted by molar-refractivity contribution is 7.89. The van der Waals surface area contributed by atoms with Crippen LogP contribution in [-0.2, 0) is 16.6 Å². The second-order valence-electron chi connectivity index (χ2n) is 5.93. The van der Waals surface area contributed by atoms with E-state index in [1.807, 2.05) is 0 Å². The largest absolute Gasteiger partial charge is 0.350 e. The van der Waals surface area contributed by atoms with Crippen molar-refractivity contribution in [1.82, 2.24) is 18.5 Å². The van der Waals surface area contributed by atoms with E-state index in [2.05, 4.69) is 18.6 Å². The van der Waals surface area contributed by atoms with Gasteiger partial charge in [0, 0.05) is 19.3 Å². The molecule has 0 spiro atoms. The van der Waals surface area contributed by atoms with Gasteiger partial charge in [-0.15, -0.1) is 11.7 Å². The maximum Gasteiger partial charge on any atom is 0.350 e. The third-order valence-electron chi connectivity index (χ3n) is 4.23. The van der Waals surface area contributed by atoms with E-state index < -0.39 is 10.0 Å². The molecule has 8 heteroatoms. The maximum atomic E-state index is 12.7. The number of rotatable bonds is 4. The first kappa shape index (κ1) is 15.9. The molecule has 3 rings (SSSR count). The van der Waals surface area contributed by atoms with Gasteiger partial charge in [0.05, 0.1) is 11.4 Å². The molecule has 0 N–H and O–H groups in total. The molecule has 1 aliphatic rings. The monoisotopic (exact) mass is 336 g/mol. The molecule has 3 heterocycles. The topological polar surface area (TPSA) is 76.7 Å². The Bertz CT molecular complexity index is 889. The summed E-state index contributed by atoms with van der Waals surface area (Å²) in [6.45, 7) is 7.03. The van der Waals surface area contributed by atoms with Crippen LogP contribution in [0.5, 0.6) is 0 Å². The second-order valence-corrected chi connectivity index (χ2v) is 7.87. The Labute approximate surface area is 134 Å². The summed E-state index contributed by atoms with van der Waals surface area (Å²) in [4.78, 5) is 12.3. The van der Waals surface area contributed by atoms with E-state index in [0.717, 1.165) is 12.8 Å². The third kappa shape index (κ3) is 2.84. The third-order valence-corrected chi connectivity index (χ3v) is 6.11. The zero-order valence-corrected chi connectivity index (χ0v) is 13.9. The maximum absolute atomic E-state index is 12.7. The molecule has 23 heavy (non-hydrogen) atoms. The van der Waals surface area contributed by atoms with Crippen molar-refractivity contribution in [3.8, 4) is 0 Å².